The summed E-state index contributed by atoms with van der Waals surface area (Å²) in [6.07, 6.45) is 2.27. The molecule has 3 heterocycles. The number of anilines is 1. The zero-order valence-electron chi connectivity index (χ0n) is 12.7. The summed E-state index contributed by atoms with van der Waals surface area (Å²) in [5.41, 5.74) is 9.48. The fraction of sp³-hybridized carbons (Fsp3) is 0.294. The molecule has 0 bridgehead atoms. The molecule has 1 saturated heterocycles. The molecule has 0 saturated carbocycles. The molecule has 3 N–H and O–H groups in total. The van der Waals surface area contributed by atoms with Crippen molar-refractivity contribution in [2.75, 3.05) is 18.8 Å². The highest BCUT2D eigenvalue weighted by atomic mass is 19.1. The largest absolute Gasteiger partial charge is 0.384 e. The van der Waals surface area contributed by atoms with Gasteiger partial charge in [-0.3, -0.25) is 0 Å². The first-order chi connectivity index (χ1) is 11.2. The second-order valence-electron chi connectivity index (χ2n) is 5.96. The SMILES string of the molecule is Nc1cc(C2CCCNC2)nc2cc(-c3ccc(F)cc3)nn12. The molecule has 1 fully saturated rings. The Morgan fingerprint density at radius 2 is 2.04 bits per heavy atom. The van der Waals surface area contributed by atoms with Crippen LogP contribution >= 0.6 is 0 Å². The number of piperidine rings is 1. The van der Waals surface area contributed by atoms with Gasteiger partial charge in [0.1, 0.15) is 11.6 Å². The Hall–Kier alpha value is -2.47. The van der Waals surface area contributed by atoms with Gasteiger partial charge < -0.3 is 11.1 Å². The number of benzene rings is 1. The fourth-order valence-electron chi connectivity index (χ4n) is 3.09. The Labute approximate surface area is 133 Å². The summed E-state index contributed by atoms with van der Waals surface area (Å²) in [6, 6.07) is 10.1. The van der Waals surface area contributed by atoms with Crippen LogP contribution in [0.2, 0.25) is 0 Å². The van der Waals surface area contributed by atoms with E-state index in [1.807, 2.05) is 12.1 Å². The normalized spacial score (nSPS) is 18.4. The number of halogens is 1. The molecule has 6 heteroatoms. The number of nitrogens with zero attached hydrogens (tertiary/aromatic N) is 3. The van der Waals surface area contributed by atoms with Crippen molar-refractivity contribution >= 4 is 11.5 Å². The Balaban J connectivity index is 1.75. The van der Waals surface area contributed by atoms with Gasteiger partial charge in [0, 0.05) is 30.2 Å². The molecule has 0 spiro atoms. The molecule has 1 aromatic carbocycles. The lowest BCUT2D eigenvalue weighted by atomic mass is 9.96. The van der Waals surface area contributed by atoms with E-state index >= 15 is 0 Å². The third kappa shape index (κ3) is 2.66. The molecule has 23 heavy (non-hydrogen) atoms. The van der Waals surface area contributed by atoms with Crippen molar-refractivity contribution in [3.8, 4) is 11.3 Å². The van der Waals surface area contributed by atoms with Crippen molar-refractivity contribution < 1.29 is 4.39 Å². The van der Waals surface area contributed by atoms with E-state index in [9.17, 15) is 4.39 Å². The average Bonchev–Trinajstić information content (AvgIpc) is 3.01. The van der Waals surface area contributed by atoms with Gasteiger partial charge in [0.15, 0.2) is 5.65 Å². The number of nitrogen functional groups attached to an aromatic ring is 1. The predicted molar refractivity (Wildman–Crippen MR) is 87.6 cm³/mol. The standard InChI is InChI=1S/C17H18FN5/c18-13-5-3-11(4-6-13)15-9-17-21-14(8-16(19)23(17)22-15)12-2-1-7-20-10-12/h3-6,8-9,12,20H,1-2,7,10,19H2. The number of rotatable bonds is 2. The molecule has 3 aromatic rings. The summed E-state index contributed by atoms with van der Waals surface area (Å²) in [6.45, 7) is 2.00. The highest BCUT2D eigenvalue weighted by molar-refractivity contribution is 5.65. The van der Waals surface area contributed by atoms with E-state index in [0.717, 1.165) is 48.5 Å². The molecule has 0 amide bonds. The molecule has 1 aliphatic heterocycles. The van der Waals surface area contributed by atoms with Gasteiger partial charge in [-0.15, -0.1) is 0 Å². The zero-order valence-corrected chi connectivity index (χ0v) is 12.7. The number of aromatic nitrogens is 3. The molecule has 1 aliphatic rings. The van der Waals surface area contributed by atoms with Gasteiger partial charge >= 0.3 is 0 Å². The lowest BCUT2D eigenvalue weighted by molar-refractivity contribution is 0.455. The van der Waals surface area contributed by atoms with E-state index in [0.29, 0.717) is 11.7 Å². The second kappa shape index (κ2) is 5.62. The molecular formula is C17H18FN5. The Bertz CT molecular complexity index is 834. The van der Waals surface area contributed by atoms with Gasteiger partial charge in [0.2, 0.25) is 0 Å². The first-order valence-corrected chi connectivity index (χ1v) is 7.83. The molecule has 5 nitrogen and oxygen atoms in total. The van der Waals surface area contributed by atoms with E-state index < -0.39 is 0 Å². The lowest BCUT2D eigenvalue weighted by Gasteiger charge is -2.22. The van der Waals surface area contributed by atoms with Crippen molar-refractivity contribution in [1.29, 1.82) is 0 Å². The summed E-state index contributed by atoms with van der Waals surface area (Å²) in [5, 5.41) is 7.89. The van der Waals surface area contributed by atoms with Crippen LogP contribution in [-0.2, 0) is 0 Å². The first kappa shape index (κ1) is 14.1. The van der Waals surface area contributed by atoms with E-state index in [1.165, 1.54) is 12.1 Å². The molecular weight excluding hydrogens is 293 g/mol. The van der Waals surface area contributed by atoms with Crippen LogP contribution in [-0.4, -0.2) is 27.7 Å². The quantitative estimate of drug-likeness (QED) is 0.763. The van der Waals surface area contributed by atoms with Gasteiger partial charge in [-0.2, -0.15) is 9.61 Å². The zero-order chi connectivity index (χ0) is 15.8. The summed E-state index contributed by atoms with van der Waals surface area (Å²) >= 11 is 0. The second-order valence-corrected chi connectivity index (χ2v) is 5.96. The molecule has 0 radical (unpaired) electrons. The van der Waals surface area contributed by atoms with Crippen molar-refractivity contribution in [2.45, 2.75) is 18.8 Å². The Morgan fingerprint density at radius 3 is 2.78 bits per heavy atom. The minimum Gasteiger partial charge on any atom is -0.384 e. The first-order valence-electron chi connectivity index (χ1n) is 7.83. The van der Waals surface area contributed by atoms with E-state index in [2.05, 4.69) is 10.4 Å². The van der Waals surface area contributed by atoms with Crippen LogP contribution < -0.4 is 11.1 Å². The third-order valence-corrected chi connectivity index (χ3v) is 4.33. The number of fused-ring (bicyclic) bond motifs is 1. The van der Waals surface area contributed by atoms with Crippen molar-refractivity contribution in [2.24, 2.45) is 0 Å². The van der Waals surface area contributed by atoms with E-state index in [4.69, 9.17) is 10.7 Å². The van der Waals surface area contributed by atoms with Gasteiger partial charge in [-0.05, 0) is 43.7 Å². The van der Waals surface area contributed by atoms with Crippen molar-refractivity contribution in [3.05, 3.63) is 47.9 Å². The summed E-state index contributed by atoms with van der Waals surface area (Å²) < 4.78 is 14.7. The summed E-state index contributed by atoms with van der Waals surface area (Å²) in [4.78, 5) is 4.73. The third-order valence-electron chi connectivity index (χ3n) is 4.33. The average molecular weight is 311 g/mol. The lowest BCUT2D eigenvalue weighted by Crippen LogP contribution is -2.29. The number of hydrogen-bond donors (Lipinski definition) is 2. The molecule has 4 rings (SSSR count). The monoisotopic (exact) mass is 311 g/mol. The topological polar surface area (TPSA) is 68.2 Å². The van der Waals surface area contributed by atoms with Gasteiger partial charge in [-0.25, -0.2) is 9.37 Å². The highest BCUT2D eigenvalue weighted by Crippen LogP contribution is 2.26. The fourth-order valence-corrected chi connectivity index (χ4v) is 3.09. The summed E-state index contributed by atoms with van der Waals surface area (Å²) in [5.74, 6) is 0.700. The molecule has 2 aromatic heterocycles. The van der Waals surface area contributed by atoms with Gasteiger partial charge in [0.25, 0.3) is 0 Å². The minimum absolute atomic E-state index is 0.262. The maximum absolute atomic E-state index is 13.1. The van der Waals surface area contributed by atoms with Gasteiger partial charge in [0.05, 0.1) is 11.4 Å². The molecule has 1 unspecified atom stereocenters. The van der Waals surface area contributed by atoms with E-state index in [1.54, 1.807) is 16.6 Å². The van der Waals surface area contributed by atoms with Gasteiger partial charge in [-0.1, -0.05) is 0 Å². The molecule has 1 atom stereocenters. The van der Waals surface area contributed by atoms with Crippen molar-refractivity contribution in [3.63, 3.8) is 0 Å². The van der Waals surface area contributed by atoms with Crippen LogP contribution in [0.3, 0.4) is 0 Å². The maximum Gasteiger partial charge on any atom is 0.158 e. The Kier molecular flexibility index (Phi) is 3.46. The van der Waals surface area contributed by atoms with Crippen LogP contribution in [0.4, 0.5) is 10.2 Å². The minimum atomic E-state index is -0.262. The van der Waals surface area contributed by atoms with Crippen LogP contribution in [0.25, 0.3) is 16.9 Å². The Morgan fingerprint density at radius 1 is 1.22 bits per heavy atom. The number of nitrogens with two attached hydrogens (primary N) is 1. The maximum atomic E-state index is 13.1. The predicted octanol–water partition coefficient (Wildman–Crippen LogP) is 2.58. The van der Waals surface area contributed by atoms with Crippen LogP contribution in [0.5, 0.6) is 0 Å². The van der Waals surface area contributed by atoms with Crippen molar-refractivity contribution in [1.82, 2.24) is 19.9 Å². The molecule has 118 valence electrons. The van der Waals surface area contributed by atoms with Crippen LogP contribution in [0, 0.1) is 5.82 Å². The van der Waals surface area contributed by atoms with Crippen LogP contribution in [0.15, 0.2) is 36.4 Å². The molecule has 0 aliphatic carbocycles. The summed E-state index contributed by atoms with van der Waals surface area (Å²) in [7, 11) is 0. The smallest absolute Gasteiger partial charge is 0.158 e. The number of hydrogen-bond acceptors (Lipinski definition) is 4. The highest BCUT2D eigenvalue weighted by Gasteiger charge is 2.18. The number of nitrogens with one attached hydrogen (secondary N) is 1. The van der Waals surface area contributed by atoms with Crippen LogP contribution in [0.1, 0.15) is 24.5 Å². The van der Waals surface area contributed by atoms with E-state index in [-0.39, 0.29) is 5.82 Å².